The number of hydrogen-bond acceptors (Lipinski definition) is 6. The van der Waals surface area contributed by atoms with Crippen molar-refractivity contribution in [2.45, 2.75) is 75.0 Å². The average Bonchev–Trinajstić information content (AvgIpc) is 3.45. The van der Waals surface area contributed by atoms with Crippen LogP contribution in [0.5, 0.6) is 0 Å². The molecular weight excluding hydrogens is 370 g/mol. The lowest BCUT2D eigenvalue weighted by atomic mass is 9.64. The van der Waals surface area contributed by atoms with Crippen molar-refractivity contribution in [3.05, 3.63) is 32.9 Å². The van der Waals surface area contributed by atoms with Crippen LogP contribution in [0, 0.1) is 0 Å². The van der Waals surface area contributed by atoms with Gasteiger partial charge < -0.3 is 14.2 Å². The summed E-state index contributed by atoms with van der Waals surface area (Å²) in [6.07, 6.45) is 8.59. The summed E-state index contributed by atoms with van der Waals surface area (Å²) in [5.74, 6) is 1.49. The van der Waals surface area contributed by atoms with E-state index in [0.29, 0.717) is 31.2 Å². The van der Waals surface area contributed by atoms with Gasteiger partial charge in [-0.2, -0.15) is 0 Å². The van der Waals surface area contributed by atoms with Crippen LogP contribution in [0.15, 0.2) is 9.32 Å². The predicted molar refractivity (Wildman–Crippen MR) is 104 cm³/mol. The lowest BCUT2D eigenvalue weighted by Crippen LogP contribution is -2.41. The number of rotatable bonds is 1. The Morgan fingerprint density at radius 3 is 2.66 bits per heavy atom. The Hall–Kier alpha value is -2.28. The molecule has 2 aromatic rings. The summed E-state index contributed by atoms with van der Waals surface area (Å²) in [4.78, 5) is 33.6. The Kier molecular flexibility index (Phi) is 3.70. The minimum absolute atomic E-state index is 0.0789. The minimum Gasteiger partial charge on any atom is -0.380 e. The zero-order valence-corrected chi connectivity index (χ0v) is 16.5. The number of Topliss-reactive ketones (excluding diaryl/α,β-unsaturated/α-hetero) is 1. The third-order valence-corrected chi connectivity index (χ3v) is 7.74. The fraction of sp³-hybridized carbons (Fsp3) is 0.636. The van der Waals surface area contributed by atoms with E-state index in [0.717, 1.165) is 80.4 Å². The van der Waals surface area contributed by atoms with Gasteiger partial charge in [0.1, 0.15) is 5.78 Å². The molecule has 152 valence electrons. The van der Waals surface area contributed by atoms with Crippen molar-refractivity contribution in [1.29, 1.82) is 0 Å². The minimum atomic E-state index is -0.519. The maximum Gasteiger partial charge on any atom is 0.254 e. The molecule has 7 nitrogen and oxygen atoms in total. The molecule has 1 aliphatic heterocycles. The summed E-state index contributed by atoms with van der Waals surface area (Å²) in [7, 11) is 0. The molecule has 4 aliphatic rings. The van der Waals surface area contributed by atoms with Crippen molar-refractivity contribution in [2.24, 2.45) is 0 Å². The molecule has 3 aliphatic carbocycles. The lowest BCUT2D eigenvalue weighted by molar-refractivity contribution is -0.128. The number of nitrogens with one attached hydrogen (secondary N) is 1. The number of H-pyrrole nitrogens is 1. The standard InChI is InChI=1S/C22H25N3O4/c26-15-5-1-2-7-22(15)8-3-4-13-16(25-29-18(13)22)19-23-17-14(20(27)24-19)6-9-21(17)10-11-28-12-21/h1-12H2,(H,23,24,27)/t21?,22-/m1/s1. The number of hydrogen-bond donors (Lipinski definition) is 1. The zero-order chi connectivity index (χ0) is 19.6. The van der Waals surface area contributed by atoms with Crippen LogP contribution >= 0.6 is 0 Å². The third-order valence-electron chi connectivity index (χ3n) is 7.74. The molecule has 2 aromatic heterocycles. The molecule has 6 rings (SSSR count). The molecule has 0 bridgehead atoms. The van der Waals surface area contributed by atoms with Gasteiger partial charge in [0, 0.05) is 29.6 Å². The van der Waals surface area contributed by atoms with Crippen LogP contribution in [0.25, 0.3) is 11.5 Å². The Morgan fingerprint density at radius 2 is 1.83 bits per heavy atom. The molecule has 1 saturated heterocycles. The molecule has 1 N–H and O–H groups in total. The number of ether oxygens (including phenoxy) is 1. The second kappa shape index (κ2) is 6.11. The number of aromatic nitrogens is 3. The zero-order valence-electron chi connectivity index (χ0n) is 16.5. The molecular formula is C22H25N3O4. The fourth-order valence-electron chi connectivity index (χ4n) is 6.13. The van der Waals surface area contributed by atoms with E-state index in [-0.39, 0.29) is 16.8 Å². The summed E-state index contributed by atoms with van der Waals surface area (Å²) < 4.78 is 11.5. The highest BCUT2D eigenvalue weighted by Gasteiger charge is 2.49. The normalized spacial score (nSPS) is 30.8. The maximum atomic E-state index is 12.9. The quantitative estimate of drug-likeness (QED) is 0.797. The highest BCUT2D eigenvalue weighted by molar-refractivity contribution is 5.91. The van der Waals surface area contributed by atoms with Crippen LogP contribution in [0.2, 0.25) is 0 Å². The Labute approximate surface area is 168 Å². The van der Waals surface area contributed by atoms with Crippen LogP contribution in [0.4, 0.5) is 0 Å². The van der Waals surface area contributed by atoms with Gasteiger partial charge >= 0.3 is 0 Å². The van der Waals surface area contributed by atoms with E-state index in [1.165, 1.54) is 0 Å². The maximum absolute atomic E-state index is 12.9. The van der Waals surface area contributed by atoms with Crippen molar-refractivity contribution in [3.8, 4) is 11.5 Å². The largest absolute Gasteiger partial charge is 0.380 e. The molecule has 2 fully saturated rings. The first-order chi connectivity index (χ1) is 14.1. The molecule has 0 radical (unpaired) electrons. The first kappa shape index (κ1) is 17.6. The van der Waals surface area contributed by atoms with E-state index in [1.807, 2.05) is 0 Å². The smallest absolute Gasteiger partial charge is 0.254 e. The predicted octanol–water partition coefficient (Wildman–Crippen LogP) is 2.75. The molecule has 0 amide bonds. The Morgan fingerprint density at radius 1 is 0.931 bits per heavy atom. The monoisotopic (exact) mass is 395 g/mol. The number of carbonyl (C=O) groups is 1. The van der Waals surface area contributed by atoms with E-state index < -0.39 is 5.41 Å². The van der Waals surface area contributed by atoms with Gasteiger partial charge in [-0.15, -0.1) is 0 Å². The van der Waals surface area contributed by atoms with Crippen LogP contribution in [0.3, 0.4) is 0 Å². The van der Waals surface area contributed by atoms with Crippen molar-refractivity contribution in [3.63, 3.8) is 0 Å². The van der Waals surface area contributed by atoms with Gasteiger partial charge in [-0.25, -0.2) is 4.98 Å². The van der Waals surface area contributed by atoms with E-state index in [1.54, 1.807) is 0 Å². The van der Waals surface area contributed by atoms with E-state index >= 15 is 0 Å². The first-order valence-electron chi connectivity index (χ1n) is 10.9. The van der Waals surface area contributed by atoms with Crippen LogP contribution in [-0.4, -0.2) is 34.1 Å². The van der Waals surface area contributed by atoms with Crippen molar-refractivity contribution in [2.75, 3.05) is 13.2 Å². The van der Waals surface area contributed by atoms with Gasteiger partial charge in [0.25, 0.3) is 5.56 Å². The second-order valence-corrected chi connectivity index (χ2v) is 9.23. The van der Waals surface area contributed by atoms with Gasteiger partial charge in [-0.3, -0.25) is 9.59 Å². The third kappa shape index (κ3) is 2.34. The SMILES string of the molecule is O=C1CCCC[C@@]12CCCc1c(-c3nc4c(c(=O)[nH]3)CCC43CCOC3)noc12. The second-order valence-electron chi connectivity index (χ2n) is 9.23. The number of ketones is 1. The van der Waals surface area contributed by atoms with Gasteiger partial charge in [0.15, 0.2) is 17.3 Å². The molecule has 3 heterocycles. The summed E-state index contributed by atoms with van der Waals surface area (Å²) in [6, 6.07) is 0. The van der Waals surface area contributed by atoms with Crippen LogP contribution in [0.1, 0.15) is 73.9 Å². The molecule has 29 heavy (non-hydrogen) atoms. The fourth-order valence-corrected chi connectivity index (χ4v) is 6.13. The summed E-state index contributed by atoms with van der Waals surface area (Å²) in [5.41, 5.74) is 2.50. The van der Waals surface area contributed by atoms with E-state index in [4.69, 9.17) is 14.2 Å². The van der Waals surface area contributed by atoms with E-state index in [9.17, 15) is 9.59 Å². The van der Waals surface area contributed by atoms with Gasteiger partial charge in [-0.05, 0) is 51.4 Å². The van der Waals surface area contributed by atoms with Crippen LogP contribution < -0.4 is 5.56 Å². The Balaban J connectivity index is 1.49. The Bertz CT molecular complexity index is 1060. The molecule has 1 saturated carbocycles. The highest BCUT2D eigenvalue weighted by atomic mass is 16.5. The number of aromatic amines is 1. The van der Waals surface area contributed by atoms with Gasteiger partial charge in [-0.1, -0.05) is 11.6 Å². The molecule has 1 unspecified atom stereocenters. The first-order valence-corrected chi connectivity index (χ1v) is 10.9. The van der Waals surface area contributed by atoms with Crippen molar-refractivity contribution < 1.29 is 14.1 Å². The van der Waals surface area contributed by atoms with Gasteiger partial charge in [0.05, 0.1) is 17.7 Å². The number of fused-ring (bicyclic) bond motifs is 4. The highest BCUT2D eigenvalue weighted by Crippen LogP contribution is 2.48. The van der Waals surface area contributed by atoms with Gasteiger partial charge in [0.2, 0.25) is 0 Å². The van der Waals surface area contributed by atoms with E-state index in [2.05, 4.69) is 10.1 Å². The summed E-state index contributed by atoms with van der Waals surface area (Å²) in [6.45, 7) is 1.34. The lowest BCUT2D eigenvalue weighted by Gasteiger charge is -2.36. The van der Waals surface area contributed by atoms with Crippen molar-refractivity contribution >= 4 is 5.78 Å². The summed E-state index contributed by atoms with van der Waals surface area (Å²) in [5, 5.41) is 4.34. The number of carbonyl (C=O) groups excluding carboxylic acids is 1. The van der Waals surface area contributed by atoms with Crippen molar-refractivity contribution in [1.82, 2.24) is 15.1 Å². The molecule has 0 aromatic carbocycles. The number of nitrogens with zero attached hydrogens (tertiary/aromatic N) is 2. The molecule has 2 atom stereocenters. The molecule has 7 heteroatoms. The average molecular weight is 395 g/mol. The summed E-state index contributed by atoms with van der Waals surface area (Å²) >= 11 is 0. The van der Waals surface area contributed by atoms with Crippen LogP contribution in [-0.2, 0) is 33.2 Å². The molecule has 2 spiro atoms. The topological polar surface area (TPSA) is 98.1 Å².